The van der Waals surface area contributed by atoms with Gasteiger partial charge in [-0.25, -0.2) is 4.39 Å². The first-order valence-electron chi connectivity index (χ1n) is 6.23. The Labute approximate surface area is 119 Å². The van der Waals surface area contributed by atoms with Crippen molar-refractivity contribution >= 4 is 11.4 Å². The van der Waals surface area contributed by atoms with Crippen LogP contribution in [0.15, 0.2) is 42.5 Å². The number of hydrogen-bond donors (Lipinski definition) is 1. The molecule has 0 heterocycles. The molecule has 2 aromatic rings. The maximum atomic E-state index is 13.7. The summed E-state index contributed by atoms with van der Waals surface area (Å²) < 4.78 is 52.8. The average molecular weight is 298 g/mol. The number of hydrogen-bond acceptors (Lipinski definition) is 2. The van der Waals surface area contributed by atoms with Gasteiger partial charge in [-0.15, -0.1) is 0 Å². The van der Waals surface area contributed by atoms with Gasteiger partial charge in [-0.2, -0.15) is 13.2 Å². The summed E-state index contributed by atoms with van der Waals surface area (Å²) in [6.45, 7) is -0.210. The van der Waals surface area contributed by atoms with Gasteiger partial charge < -0.3 is 10.6 Å². The van der Waals surface area contributed by atoms with Crippen molar-refractivity contribution in [1.29, 1.82) is 0 Å². The highest BCUT2D eigenvalue weighted by atomic mass is 19.4. The molecule has 2 N–H and O–H groups in total. The molecule has 0 aliphatic heterocycles. The van der Waals surface area contributed by atoms with Crippen molar-refractivity contribution in [2.45, 2.75) is 12.7 Å². The summed E-state index contributed by atoms with van der Waals surface area (Å²) in [6.07, 6.45) is -4.50. The zero-order chi connectivity index (χ0) is 15.6. The first kappa shape index (κ1) is 15.3. The predicted octanol–water partition coefficient (Wildman–Crippen LogP) is 4.07. The standard InChI is InChI=1S/C15H14F4N2/c1-21(14-5-3-2-4-13(14)16)11-7-6-10(9-20)12(8-11)15(17,18)19/h2-8H,9,20H2,1H3. The van der Waals surface area contributed by atoms with Gasteiger partial charge in [0, 0.05) is 19.3 Å². The van der Waals surface area contributed by atoms with E-state index in [0.29, 0.717) is 0 Å². The van der Waals surface area contributed by atoms with E-state index in [-0.39, 0.29) is 23.5 Å². The maximum absolute atomic E-state index is 13.7. The Morgan fingerprint density at radius 1 is 1.10 bits per heavy atom. The minimum atomic E-state index is -4.50. The maximum Gasteiger partial charge on any atom is 0.416 e. The van der Waals surface area contributed by atoms with Crippen LogP contribution in [0.1, 0.15) is 11.1 Å². The molecule has 0 unspecified atom stereocenters. The lowest BCUT2D eigenvalue weighted by Gasteiger charge is -2.22. The van der Waals surface area contributed by atoms with E-state index in [0.717, 1.165) is 6.07 Å². The molecule has 2 nitrogen and oxygen atoms in total. The summed E-state index contributed by atoms with van der Waals surface area (Å²) in [4.78, 5) is 1.37. The predicted molar refractivity (Wildman–Crippen MR) is 73.8 cm³/mol. The molecule has 0 bridgehead atoms. The third-order valence-corrected chi connectivity index (χ3v) is 3.22. The Morgan fingerprint density at radius 2 is 1.76 bits per heavy atom. The topological polar surface area (TPSA) is 29.3 Å². The molecule has 0 spiro atoms. The summed E-state index contributed by atoms with van der Waals surface area (Å²) in [5, 5.41) is 0. The lowest BCUT2D eigenvalue weighted by Crippen LogP contribution is -2.16. The molecule has 0 fully saturated rings. The highest BCUT2D eigenvalue weighted by Crippen LogP contribution is 2.36. The Balaban J connectivity index is 2.48. The zero-order valence-electron chi connectivity index (χ0n) is 11.3. The molecule has 2 aromatic carbocycles. The van der Waals surface area contributed by atoms with Crippen molar-refractivity contribution in [1.82, 2.24) is 0 Å². The Hall–Kier alpha value is -2.08. The number of halogens is 4. The van der Waals surface area contributed by atoms with Crippen molar-refractivity contribution in [2.75, 3.05) is 11.9 Å². The molecule has 0 saturated carbocycles. The lowest BCUT2D eigenvalue weighted by atomic mass is 10.1. The third-order valence-electron chi connectivity index (χ3n) is 3.22. The SMILES string of the molecule is CN(c1ccc(CN)c(C(F)(F)F)c1)c1ccccc1F. The van der Waals surface area contributed by atoms with E-state index in [9.17, 15) is 17.6 Å². The van der Waals surface area contributed by atoms with E-state index in [4.69, 9.17) is 5.73 Å². The second kappa shape index (κ2) is 5.73. The molecule has 0 atom stereocenters. The van der Waals surface area contributed by atoms with E-state index in [1.54, 1.807) is 6.07 Å². The van der Waals surface area contributed by atoms with Crippen LogP contribution >= 0.6 is 0 Å². The van der Waals surface area contributed by atoms with Gasteiger partial charge in [0.25, 0.3) is 0 Å². The van der Waals surface area contributed by atoms with Crippen LogP contribution in [-0.4, -0.2) is 7.05 Å². The van der Waals surface area contributed by atoms with Gasteiger partial charge in [-0.05, 0) is 29.8 Å². The number of nitrogens with two attached hydrogens (primary N) is 1. The number of nitrogens with zero attached hydrogens (tertiary/aromatic N) is 1. The largest absolute Gasteiger partial charge is 0.416 e. The zero-order valence-corrected chi connectivity index (χ0v) is 11.3. The van der Waals surface area contributed by atoms with Crippen LogP contribution in [0.5, 0.6) is 0 Å². The molecular formula is C15H14F4N2. The molecule has 0 radical (unpaired) electrons. The molecule has 6 heteroatoms. The summed E-state index contributed by atoms with van der Waals surface area (Å²) >= 11 is 0. The molecule has 0 aliphatic carbocycles. The van der Waals surface area contributed by atoms with E-state index in [2.05, 4.69) is 0 Å². The van der Waals surface area contributed by atoms with Crippen molar-refractivity contribution < 1.29 is 17.6 Å². The number of benzene rings is 2. The number of para-hydroxylation sites is 1. The molecule has 2 rings (SSSR count). The van der Waals surface area contributed by atoms with Gasteiger partial charge in [-0.3, -0.25) is 0 Å². The van der Waals surface area contributed by atoms with Crippen molar-refractivity contribution in [2.24, 2.45) is 5.73 Å². The molecule has 0 saturated heterocycles. The van der Waals surface area contributed by atoms with Crippen LogP contribution in [0.2, 0.25) is 0 Å². The number of anilines is 2. The van der Waals surface area contributed by atoms with E-state index in [1.807, 2.05) is 0 Å². The van der Waals surface area contributed by atoms with Crippen LogP contribution < -0.4 is 10.6 Å². The average Bonchev–Trinajstić information content (AvgIpc) is 2.45. The van der Waals surface area contributed by atoms with Crippen molar-refractivity contribution in [3.05, 3.63) is 59.4 Å². The quantitative estimate of drug-likeness (QED) is 0.865. The molecular weight excluding hydrogens is 284 g/mol. The van der Waals surface area contributed by atoms with Gasteiger partial charge in [-0.1, -0.05) is 18.2 Å². The highest BCUT2D eigenvalue weighted by molar-refractivity contribution is 5.64. The fourth-order valence-electron chi connectivity index (χ4n) is 2.08. The summed E-state index contributed by atoms with van der Waals surface area (Å²) in [6, 6.07) is 9.68. The van der Waals surface area contributed by atoms with Gasteiger partial charge in [0.05, 0.1) is 11.3 Å². The van der Waals surface area contributed by atoms with Crippen LogP contribution in [-0.2, 0) is 12.7 Å². The minimum absolute atomic E-state index is 0.00758. The first-order valence-corrected chi connectivity index (χ1v) is 6.23. The lowest BCUT2D eigenvalue weighted by molar-refractivity contribution is -0.138. The van der Waals surface area contributed by atoms with E-state index < -0.39 is 17.6 Å². The van der Waals surface area contributed by atoms with Gasteiger partial charge in [0.15, 0.2) is 0 Å². The normalized spacial score (nSPS) is 11.5. The second-order valence-corrected chi connectivity index (χ2v) is 4.55. The Morgan fingerprint density at radius 3 is 2.33 bits per heavy atom. The van der Waals surface area contributed by atoms with Crippen LogP contribution in [0.4, 0.5) is 28.9 Å². The highest BCUT2D eigenvalue weighted by Gasteiger charge is 2.33. The summed E-state index contributed by atoms with van der Waals surface area (Å²) in [5.74, 6) is -0.503. The first-order chi connectivity index (χ1) is 9.84. The molecule has 0 aromatic heterocycles. The van der Waals surface area contributed by atoms with E-state index >= 15 is 0 Å². The number of alkyl halides is 3. The molecule has 0 amide bonds. The van der Waals surface area contributed by atoms with Gasteiger partial charge in [0.2, 0.25) is 0 Å². The fourth-order valence-corrected chi connectivity index (χ4v) is 2.08. The molecule has 21 heavy (non-hydrogen) atoms. The second-order valence-electron chi connectivity index (χ2n) is 4.55. The Kier molecular flexibility index (Phi) is 4.18. The molecule has 0 aliphatic rings. The molecule has 112 valence electrons. The summed E-state index contributed by atoms with van der Waals surface area (Å²) in [5.41, 5.74) is 4.98. The van der Waals surface area contributed by atoms with Crippen LogP contribution in [0, 0.1) is 5.82 Å². The fraction of sp³-hybridized carbons (Fsp3) is 0.200. The van der Waals surface area contributed by atoms with Crippen molar-refractivity contribution in [3.63, 3.8) is 0 Å². The minimum Gasteiger partial charge on any atom is -0.342 e. The number of rotatable bonds is 3. The van der Waals surface area contributed by atoms with Gasteiger partial charge >= 0.3 is 6.18 Å². The smallest absolute Gasteiger partial charge is 0.342 e. The monoisotopic (exact) mass is 298 g/mol. The van der Waals surface area contributed by atoms with Crippen molar-refractivity contribution in [3.8, 4) is 0 Å². The third kappa shape index (κ3) is 3.16. The van der Waals surface area contributed by atoms with E-state index in [1.165, 1.54) is 42.3 Å². The summed E-state index contributed by atoms with van der Waals surface area (Å²) in [7, 11) is 1.51. The Bertz CT molecular complexity index is 638. The van der Waals surface area contributed by atoms with Crippen LogP contribution in [0.25, 0.3) is 0 Å². The van der Waals surface area contributed by atoms with Gasteiger partial charge in [0.1, 0.15) is 5.82 Å². The van der Waals surface area contributed by atoms with Crippen LogP contribution in [0.3, 0.4) is 0 Å².